The molecule has 0 aliphatic rings. The van der Waals surface area contributed by atoms with Gasteiger partial charge in [0.2, 0.25) is 21.8 Å². The van der Waals surface area contributed by atoms with E-state index in [4.69, 9.17) is 34.8 Å². The summed E-state index contributed by atoms with van der Waals surface area (Å²) >= 11 is 18.5. The van der Waals surface area contributed by atoms with Gasteiger partial charge in [-0.1, -0.05) is 85.0 Å². The van der Waals surface area contributed by atoms with Gasteiger partial charge < -0.3 is 10.2 Å². The van der Waals surface area contributed by atoms with Gasteiger partial charge in [0, 0.05) is 19.5 Å². The number of nitrogens with one attached hydrogen (secondary N) is 1. The van der Waals surface area contributed by atoms with Gasteiger partial charge in [-0.2, -0.15) is 13.2 Å². The molecule has 3 aromatic rings. The molecule has 7 nitrogen and oxygen atoms in total. The molecule has 0 bridgehead atoms. The van der Waals surface area contributed by atoms with Crippen LogP contribution in [0.1, 0.15) is 30.5 Å². The zero-order chi connectivity index (χ0) is 32.8. The minimum atomic E-state index is -4.80. The van der Waals surface area contributed by atoms with Crippen molar-refractivity contribution in [2.75, 3.05) is 23.7 Å². The lowest BCUT2D eigenvalue weighted by atomic mass is 10.0. The molecular formula is C30H31Cl3F3N3O4S. The maximum absolute atomic E-state index is 14.1. The molecule has 2 amide bonds. The minimum Gasteiger partial charge on any atom is -0.354 e. The standard InChI is InChI=1S/C30H31Cl3F3N3O4S/c1-19(2)16-37-29(41)27(14-20-7-5-4-6-8-20)38(17-21-9-11-23(31)25(33)13-21)28(40)18-39(44(3,42)43)26-15-22(30(34,35)36)10-12-24(26)32/h4-13,15,19,27H,14,16-18H2,1-3H3,(H,37,41)/t27-/m0/s1. The maximum atomic E-state index is 14.1. The highest BCUT2D eigenvalue weighted by Crippen LogP contribution is 2.36. The Hall–Kier alpha value is -2.99. The monoisotopic (exact) mass is 691 g/mol. The summed E-state index contributed by atoms with van der Waals surface area (Å²) in [7, 11) is -4.35. The normalized spacial score (nSPS) is 12.6. The van der Waals surface area contributed by atoms with Gasteiger partial charge in [0.25, 0.3) is 0 Å². The van der Waals surface area contributed by atoms with Crippen LogP contribution in [0.15, 0.2) is 66.7 Å². The zero-order valence-corrected chi connectivity index (χ0v) is 27.1. The summed E-state index contributed by atoms with van der Waals surface area (Å²) in [6.45, 7) is 2.95. The summed E-state index contributed by atoms with van der Waals surface area (Å²) in [6, 6.07) is 14.5. The highest BCUT2D eigenvalue weighted by atomic mass is 35.5. The fourth-order valence-electron chi connectivity index (χ4n) is 4.29. The Morgan fingerprint density at radius 3 is 2.09 bits per heavy atom. The zero-order valence-electron chi connectivity index (χ0n) is 24.0. The van der Waals surface area contributed by atoms with Crippen molar-refractivity contribution in [1.29, 1.82) is 0 Å². The highest BCUT2D eigenvalue weighted by molar-refractivity contribution is 7.92. The topological polar surface area (TPSA) is 86.8 Å². The molecule has 0 radical (unpaired) electrons. The third-order valence-corrected chi connectivity index (χ3v) is 8.70. The van der Waals surface area contributed by atoms with Crippen LogP contribution in [0.25, 0.3) is 0 Å². The van der Waals surface area contributed by atoms with E-state index < -0.39 is 51.9 Å². The summed E-state index contributed by atoms with van der Waals surface area (Å²) in [4.78, 5) is 28.9. The highest BCUT2D eigenvalue weighted by Gasteiger charge is 2.36. The fourth-order valence-corrected chi connectivity index (χ4v) is 5.73. The van der Waals surface area contributed by atoms with Crippen LogP contribution in [0.4, 0.5) is 18.9 Å². The van der Waals surface area contributed by atoms with E-state index in [0.717, 1.165) is 12.3 Å². The van der Waals surface area contributed by atoms with E-state index in [1.165, 1.54) is 17.0 Å². The Labute approximate surface area is 269 Å². The Bertz CT molecular complexity index is 1590. The number of alkyl halides is 3. The van der Waals surface area contributed by atoms with E-state index in [0.29, 0.717) is 34.1 Å². The molecule has 3 rings (SSSR count). The molecule has 1 atom stereocenters. The number of hydrogen-bond donors (Lipinski definition) is 1. The molecular weight excluding hydrogens is 662 g/mol. The molecule has 1 N–H and O–H groups in total. The van der Waals surface area contributed by atoms with Gasteiger partial charge in [0.05, 0.1) is 32.6 Å². The quantitative estimate of drug-likeness (QED) is 0.225. The molecule has 0 aliphatic carbocycles. The largest absolute Gasteiger partial charge is 0.416 e. The van der Waals surface area contributed by atoms with E-state index in [-0.39, 0.29) is 34.0 Å². The van der Waals surface area contributed by atoms with E-state index in [2.05, 4.69) is 5.32 Å². The van der Waals surface area contributed by atoms with Crippen molar-refractivity contribution in [1.82, 2.24) is 10.2 Å². The first-order valence-electron chi connectivity index (χ1n) is 13.4. The molecule has 0 saturated heterocycles. The lowest BCUT2D eigenvalue weighted by molar-refractivity contribution is -0.140. The van der Waals surface area contributed by atoms with Crippen LogP contribution in [0.2, 0.25) is 15.1 Å². The molecule has 14 heteroatoms. The van der Waals surface area contributed by atoms with Crippen LogP contribution in [-0.2, 0) is 38.8 Å². The molecule has 44 heavy (non-hydrogen) atoms. The smallest absolute Gasteiger partial charge is 0.354 e. The van der Waals surface area contributed by atoms with Crippen molar-refractivity contribution in [3.8, 4) is 0 Å². The van der Waals surface area contributed by atoms with Gasteiger partial charge in [0.15, 0.2) is 0 Å². The van der Waals surface area contributed by atoms with Crippen LogP contribution in [0.3, 0.4) is 0 Å². The van der Waals surface area contributed by atoms with Crippen LogP contribution < -0.4 is 9.62 Å². The number of benzene rings is 3. The van der Waals surface area contributed by atoms with Crippen molar-refractivity contribution in [2.24, 2.45) is 5.92 Å². The lowest BCUT2D eigenvalue weighted by Crippen LogP contribution is -2.53. The van der Waals surface area contributed by atoms with Crippen LogP contribution in [-0.4, -0.2) is 50.5 Å². The van der Waals surface area contributed by atoms with Gasteiger partial charge in [0.1, 0.15) is 12.6 Å². The predicted molar refractivity (Wildman–Crippen MR) is 167 cm³/mol. The maximum Gasteiger partial charge on any atom is 0.416 e. The van der Waals surface area contributed by atoms with Gasteiger partial charge >= 0.3 is 6.18 Å². The number of rotatable bonds is 12. The number of amides is 2. The van der Waals surface area contributed by atoms with Crippen molar-refractivity contribution in [3.63, 3.8) is 0 Å². The Balaban J connectivity index is 2.13. The summed E-state index contributed by atoms with van der Waals surface area (Å²) in [6.07, 6.45) is -4.00. The van der Waals surface area contributed by atoms with E-state index >= 15 is 0 Å². The summed E-state index contributed by atoms with van der Waals surface area (Å²) in [5, 5.41) is 2.96. The van der Waals surface area contributed by atoms with Crippen molar-refractivity contribution in [3.05, 3.63) is 98.5 Å². The van der Waals surface area contributed by atoms with Crippen LogP contribution in [0, 0.1) is 5.92 Å². The molecule has 0 aliphatic heterocycles. The third-order valence-electron chi connectivity index (χ3n) is 6.51. The molecule has 0 spiro atoms. The SMILES string of the molecule is CC(C)CNC(=O)[C@H](Cc1ccccc1)N(Cc1ccc(Cl)c(Cl)c1)C(=O)CN(c1cc(C(F)(F)F)ccc1Cl)S(C)(=O)=O. The number of hydrogen-bond acceptors (Lipinski definition) is 4. The Kier molecular flexibility index (Phi) is 12.0. The summed E-state index contributed by atoms with van der Waals surface area (Å²) in [5.41, 5.74) is -0.494. The molecule has 0 saturated carbocycles. The third kappa shape index (κ3) is 9.76. The van der Waals surface area contributed by atoms with E-state index in [1.807, 2.05) is 13.8 Å². The Morgan fingerprint density at radius 1 is 0.886 bits per heavy atom. The van der Waals surface area contributed by atoms with Crippen LogP contribution >= 0.6 is 34.8 Å². The van der Waals surface area contributed by atoms with E-state index in [1.54, 1.807) is 36.4 Å². The average molecular weight is 693 g/mol. The number of halogens is 6. The molecule has 0 heterocycles. The molecule has 238 valence electrons. The number of nitrogens with zero attached hydrogens (tertiary/aromatic N) is 2. The molecule has 3 aromatic carbocycles. The molecule has 0 unspecified atom stereocenters. The average Bonchev–Trinajstić information content (AvgIpc) is 2.93. The number of carbonyl (C=O) groups is 2. The molecule has 0 aromatic heterocycles. The minimum absolute atomic E-state index is 0.0566. The lowest BCUT2D eigenvalue weighted by Gasteiger charge is -2.34. The van der Waals surface area contributed by atoms with Crippen molar-refractivity contribution < 1.29 is 31.2 Å². The first-order valence-corrected chi connectivity index (χ1v) is 16.3. The second-order valence-electron chi connectivity index (χ2n) is 10.5. The second kappa shape index (κ2) is 14.9. The first kappa shape index (κ1) is 35.5. The summed E-state index contributed by atoms with van der Waals surface area (Å²) in [5.74, 6) is -1.28. The summed E-state index contributed by atoms with van der Waals surface area (Å²) < 4.78 is 66.9. The van der Waals surface area contributed by atoms with E-state index in [9.17, 15) is 31.2 Å². The Morgan fingerprint density at radius 2 is 1.52 bits per heavy atom. The first-order chi connectivity index (χ1) is 20.5. The van der Waals surface area contributed by atoms with Crippen molar-refractivity contribution in [2.45, 2.75) is 39.0 Å². The number of anilines is 1. The predicted octanol–water partition coefficient (Wildman–Crippen LogP) is 6.84. The second-order valence-corrected chi connectivity index (χ2v) is 13.7. The molecule has 0 fully saturated rings. The van der Waals surface area contributed by atoms with Gasteiger partial charge in [-0.05, 0) is 47.4 Å². The van der Waals surface area contributed by atoms with Gasteiger partial charge in [-0.15, -0.1) is 0 Å². The van der Waals surface area contributed by atoms with Crippen LogP contribution in [0.5, 0.6) is 0 Å². The van der Waals surface area contributed by atoms with Gasteiger partial charge in [-0.3, -0.25) is 13.9 Å². The number of sulfonamides is 1. The van der Waals surface area contributed by atoms with Gasteiger partial charge in [-0.25, -0.2) is 8.42 Å². The van der Waals surface area contributed by atoms with Crippen molar-refractivity contribution >= 4 is 62.3 Å². The fraction of sp³-hybridized carbons (Fsp3) is 0.333. The number of carbonyl (C=O) groups excluding carboxylic acids is 2.